The molecular formula is C14H26N2O3. The Kier molecular flexibility index (Phi) is 5.35. The molecule has 1 amide bonds. The van der Waals surface area contributed by atoms with E-state index in [2.05, 4.69) is 5.32 Å². The number of nitrogens with zero attached hydrogens (tertiary/aromatic N) is 1. The summed E-state index contributed by atoms with van der Waals surface area (Å²) < 4.78 is 0. The lowest BCUT2D eigenvalue weighted by molar-refractivity contribution is -0.149. The standard InChI is InChI=1S/C14H26N2O3/c1-14(2,16(3)4)9-15-12(17)10-7-5-6-8-11(10)13(18)19/h10-11H,5-9H2,1-4H3,(H,15,17)(H,18,19)/t10-,11+/m1/s1. The molecule has 5 nitrogen and oxygen atoms in total. The molecule has 0 aromatic heterocycles. The van der Waals surface area contributed by atoms with Crippen molar-refractivity contribution in [3.63, 3.8) is 0 Å². The number of rotatable bonds is 5. The first-order valence-corrected chi connectivity index (χ1v) is 6.93. The molecule has 1 saturated carbocycles. The third-order valence-electron chi connectivity index (χ3n) is 4.33. The van der Waals surface area contributed by atoms with Gasteiger partial charge in [-0.25, -0.2) is 0 Å². The van der Waals surface area contributed by atoms with Crippen LogP contribution in [0.3, 0.4) is 0 Å². The van der Waals surface area contributed by atoms with Crippen LogP contribution in [0.2, 0.25) is 0 Å². The molecule has 0 radical (unpaired) electrons. The normalized spacial score (nSPS) is 24.3. The van der Waals surface area contributed by atoms with E-state index in [0.717, 1.165) is 12.8 Å². The van der Waals surface area contributed by atoms with Gasteiger partial charge in [0, 0.05) is 12.1 Å². The second-order valence-corrected chi connectivity index (χ2v) is 6.26. The Bertz CT molecular complexity index is 340. The van der Waals surface area contributed by atoms with Crippen LogP contribution in [0.5, 0.6) is 0 Å². The van der Waals surface area contributed by atoms with Crippen molar-refractivity contribution in [3.8, 4) is 0 Å². The van der Waals surface area contributed by atoms with E-state index < -0.39 is 11.9 Å². The summed E-state index contributed by atoms with van der Waals surface area (Å²) in [6.07, 6.45) is 3.15. The smallest absolute Gasteiger partial charge is 0.307 e. The summed E-state index contributed by atoms with van der Waals surface area (Å²) in [7, 11) is 3.93. The van der Waals surface area contributed by atoms with Crippen molar-refractivity contribution in [2.24, 2.45) is 11.8 Å². The molecule has 2 atom stereocenters. The van der Waals surface area contributed by atoms with E-state index in [1.807, 2.05) is 32.8 Å². The molecule has 2 N–H and O–H groups in total. The molecule has 0 aliphatic heterocycles. The molecule has 110 valence electrons. The Morgan fingerprint density at radius 1 is 1.21 bits per heavy atom. The highest BCUT2D eigenvalue weighted by Crippen LogP contribution is 2.30. The summed E-state index contributed by atoms with van der Waals surface area (Å²) >= 11 is 0. The van der Waals surface area contributed by atoms with Gasteiger partial charge in [-0.05, 0) is 40.8 Å². The summed E-state index contributed by atoms with van der Waals surface area (Å²) in [6.45, 7) is 4.62. The fraction of sp³-hybridized carbons (Fsp3) is 0.857. The Morgan fingerprint density at radius 2 is 1.74 bits per heavy atom. The Hall–Kier alpha value is -1.10. The van der Waals surface area contributed by atoms with Crippen molar-refractivity contribution in [3.05, 3.63) is 0 Å². The predicted octanol–water partition coefficient (Wildman–Crippen LogP) is 1.33. The quantitative estimate of drug-likeness (QED) is 0.791. The number of hydrogen-bond donors (Lipinski definition) is 2. The third kappa shape index (κ3) is 4.20. The van der Waals surface area contributed by atoms with Gasteiger partial charge in [0.15, 0.2) is 0 Å². The van der Waals surface area contributed by atoms with Gasteiger partial charge in [-0.1, -0.05) is 12.8 Å². The van der Waals surface area contributed by atoms with E-state index in [9.17, 15) is 14.7 Å². The van der Waals surface area contributed by atoms with Crippen LogP contribution < -0.4 is 5.32 Å². The maximum atomic E-state index is 12.2. The van der Waals surface area contributed by atoms with Crippen molar-refractivity contribution in [2.75, 3.05) is 20.6 Å². The molecule has 0 bridgehead atoms. The lowest BCUT2D eigenvalue weighted by Gasteiger charge is -2.34. The topological polar surface area (TPSA) is 69.6 Å². The lowest BCUT2D eigenvalue weighted by Crippen LogP contribution is -2.50. The molecule has 1 rings (SSSR count). The molecule has 19 heavy (non-hydrogen) atoms. The molecule has 0 spiro atoms. The Labute approximate surface area is 115 Å². The van der Waals surface area contributed by atoms with Gasteiger partial charge in [0.2, 0.25) is 5.91 Å². The number of hydrogen-bond acceptors (Lipinski definition) is 3. The third-order valence-corrected chi connectivity index (χ3v) is 4.33. The number of carboxylic acids is 1. The van der Waals surface area contributed by atoms with Crippen molar-refractivity contribution in [1.29, 1.82) is 0 Å². The van der Waals surface area contributed by atoms with Gasteiger partial charge in [0.05, 0.1) is 11.8 Å². The van der Waals surface area contributed by atoms with Gasteiger partial charge in [-0.15, -0.1) is 0 Å². The van der Waals surface area contributed by atoms with Crippen LogP contribution in [0.4, 0.5) is 0 Å². The fourth-order valence-electron chi connectivity index (χ4n) is 2.33. The number of aliphatic carboxylic acids is 1. The second kappa shape index (κ2) is 6.37. The van der Waals surface area contributed by atoms with Gasteiger partial charge in [-0.3, -0.25) is 9.59 Å². The Balaban J connectivity index is 2.59. The highest BCUT2D eigenvalue weighted by molar-refractivity contribution is 5.84. The van der Waals surface area contributed by atoms with Crippen LogP contribution in [-0.4, -0.2) is 48.1 Å². The van der Waals surface area contributed by atoms with Gasteiger partial charge in [0.25, 0.3) is 0 Å². The Morgan fingerprint density at radius 3 is 2.21 bits per heavy atom. The average Bonchev–Trinajstić information content (AvgIpc) is 2.35. The fourth-order valence-corrected chi connectivity index (χ4v) is 2.33. The SMILES string of the molecule is CN(C)C(C)(C)CNC(=O)[C@@H]1CCCC[C@@H]1C(=O)O. The maximum Gasteiger partial charge on any atom is 0.307 e. The number of carbonyl (C=O) groups is 2. The van der Waals surface area contributed by atoms with E-state index in [4.69, 9.17) is 0 Å². The first-order valence-electron chi connectivity index (χ1n) is 6.93. The number of likely N-dealkylation sites (N-methyl/N-ethyl adjacent to an activating group) is 1. The zero-order chi connectivity index (χ0) is 14.6. The summed E-state index contributed by atoms with van der Waals surface area (Å²) in [6, 6.07) is 0. The first kappa shape index (κ1) is 16.0. The van der Waals surface area contributed by atoms with Crippen molar-refractivity contribution >= 4 is 11.9 Å². The highest BCUT2D eigenvalue weighted by Gasteiger charge is 2.36. The molecule has 0 saturated heterocycles. The molecule has 0 aromatic carbocycles. The van der Waals surface area contributed by atoms with E-state index >= 15 is 0 Å². The number of carboxylic acid groups (broad SMARTS) is 1. The predicted molar refractivity (Wildman–Crippen MR) is 73.9 cm³/mol. The van der Waals surface area contributed by atoms with Crippen LogP contribution in [0.25, 0.3) is 0 Å². The van der Waals surface area contributed by atoms with Crippen LogP contribution in [0, 0.1) is 11.8 Å². The molecule has 0 aromatic rings. The number of amides is 1. The van der Waals surface area contributed by atoms with Crippen LogP contribution in [0.15, 0.2) is 0 Å². The second-order valence-electron chi connectivity index (χ2n) is 6.26. The van der Waals surface area contributed by atoms with Crippen LogP contribution in [-0.2, 0) is 9.59 Å². The lowest BCUT2D eigenvalue weighted by atomic mass is 9.78. The van der Waals surface area contributed by atoms with Crippen molar-refractivity contribution in [2.45, 2.75) is 45.1 Å². The average molecular weight is 270 g/mol. The maximum absolute atomic E-state index is 12.2. The zero-order valence-corrected chi connectivity index (χ0v) is 12.4. The molecule has 5 heteroatoms. The van der Waals surface area contributed by atoms with Crippen molar-refractivity contribution < 1.29 is 14.7 Å². The first-order chi connectivity index (χ1) is 8.75. The molecule has 0 unspecified atom stereocenters. The minimum Gasteiger partial charge on any atom is -0.481 e. The van der Waals surface area contributed by atoms with Gasteiger partial charge < -0.3 is 15.3 Å². The molecule has 0 heterocycles. The minimum absolute atomic E-state index is 0.109. The monoisotopic (exact) mass is 270 g/mol. The van der Waals surface area contributed by atoms with E-state index in [-0.39, 0.29) is 17.4 Å². The number of nitrogens with one attached hydrogen (secondary N) is 1. The molecular weight excluding hydrogens is 244 g/mol. The minimum atomic E-state index is -0.841. The van der Waals surface area contributed by atoms with E-state index in [1.165, 1.54) is 0 Å². The van der Waals surface area contributed by atoms with Crippen molar-refractivity contribution in [1.82, 2.24) is 10.2 Å². The van der Waals surface area contributed by atoms with Gasteiger partial charge in [0.1, 0.15) is 0 Å². The molecule has 1 aliphatic carbocycles. The van der Waals surface area contributed by atoms with Crippen LogP contribution >= 0.6 is 0 Å². The highest BCUT2D eigenvalue weighted by atomic mass is 16.4. The summed E-state index contributed by atoms with van der Waals surface area (Å²) in [5.74, 6) is -1.84. The molecule has 1 fully saturated rings. The van der Waals surface area contributed by atoms with Gasteiger partial charge in [-0.2, -0.15) is 0 Å². The zero-order valence-electron chi connectivity index (χ0n) is 12.4. The van der Waals surface area contributed by atoms with Gasteiger partial charge >= 0.3 is 5.97 Å². The number of carbonyl (C=O) groups excluding carboxylic acids is 1. The molecule has 1 aliphatic rings. The summed E-state index contributed by atoms with van der Waals surface area (Å²) in [5.41, 5.74) is -0.136. The summed E-state index contributed by atoms with van der Waals surface area (Å²) in [5, 5.41) is 12.1. The summed E-state index contributed by atoms with van der Waals surface area (Å²) in [4.78, 5) is 25.4. The van der Waals surface area contributed by atoms with E-state index in [0.29, 0.717) is 19.4 Å². The largest absolute Gasteiger partial charge is 0.481 e. The van der Waals surface area contributed by atoms with Crippen LogP contribution in [0.1, 0.15) is 39.5 Å². The van der Waals surface area contributed by atoms with E-state index in [1.54, 1.807) is 0 Å².